The highest BCUT2D eigenvalue weighted by Crippen LogP contribution is 2.23. The molecule has 0 radical (unpaired) electrons. The van der Waals surface area contributed by atoms with Gasteiger partial charge in [-0.15, -0.1) is 0 Å². The second kappa shape index (κ2) is 7.84. The summed E-state index contributed by atoms with van der Waals surface area (Å²) in [6.45, 7) is 7.53. The Labute approximate surface area is 164 Å². The summed E-state index contributed by atoms with van der Waals surface area (Å²) < 4.78 is 13.1. The van der Waals surface area contributed by atoms with Crippen LogP contribution in [0.15, 0.2) is 54.7 Å². The lowest BCUT2D eigenvalue weighted by atomic mass is 10.1. The Balaban J connectivity index is 1.43. The maximum absolute atomic E-state index is 13.1. The van der Waals surface area contributed by atoms with Gasteiger partial charge in [0.1, 0.15) is 11.6 Å². The summed E-state index contributed by atoms with van der Waals surface area (Å²) in [5.74, 6) is 1.32. The molecule has 0 spiro atoms. The van der Waals surface area contributed by atoms with Gasteiger partial charge in [-0.3, -0.25) is 0 Å². The van der Waals surface area contributed by atoms with Crippen molar-refractivity contribution in [3.05, 3.63) is 71.7 Å². The van der Waals surface area contributed by atoms with Crippen molar-refractivity contribution in [1.82, 2.24) is 9.97 Å². The van der Waals surface area contributed by atoms with Crippen LogP contribution in [0.2, 0.25) is 0 Å². The van der Waals surface area contributed by atoms with E-state index in [4.69, 9.17) is 4.98 Å². The lowest BCUT2D eigenvalue weighted by Crippen LogP contribution is -2.47. The molecule has 28 heavy (non-hydrogen) atoms. The number of halogens is 1. The second-order valence-electron chi connectivity index (χ2n) is 7.14. The van der Waals surface area contributed by atoms with Crippen molar-refractivity contribution in [2.45, 2.75) is 13.8 Å². The summed E-state index contributed by atoms with van der Waals surface area (Å²) in [6, 6.07) is 14.9. The summed E-state index contributed by atoms with van der Waals surface area (Å²) in [5.41, 5.74) is 4.53. The minimum absolute atomic E-state index is 0.205. The lowest BCUT2D eigenvalue weighted by molar-refractivity contribution is 0.623. The molecule has 6 heteroatoms. The minimum atomic E-state index is -0.205. The number of aryl methyl sites for hydroxylation is 2. The smallest absolute Gasteiger partial charge is 0.227 e. The number of nitrogens with zero attached hydrogens (tertiary/aromatic N) is 4. The van der Waals surface area contributed by atoms with Crippen LogP contribution in [0.4, 0.5) is 27.5 Å². The van der Waals surface area contributed by atoms with E-state index in [1.54, 1.807) is 6.20 Å². The molecule has 3 aromatic rings. The summed E-state index contributed by atoms with van der Waals surface area (Å²) in [7, 11) is 0. The van der Waals surface area contributed by atoms with Crippen LogP contribution in [0, 0.1) is 19.7 Å². The predicted molar refractivity (Wildman–Crippen MR) is 112 cm³/mol. The third-order valence-electron chi connectivity index (χ3n) is 5.04. The summed E-state index contributed by atoms with van der Waals surface area (Å²) in [5, 5.41) is 3.40. The van der Waals surface area contributed by atoms with E-state index in [0.717, 1.165) is 49.3 Å². The van der Waals surface area contributed by atoms with E-state index in [0.29, 0.717) is 0 Å². The zero-order valence-electron chi connectivity index (χ0n) is 16.2. The Morgan fingerprint density at radius 3 is 2.32 bits per heavy atom. The number of rotatable bonds is 4. The van der Waals surface area contributed by atoms with Crippen LogP contribution in [-0.4, -0.2) is 36.1 Å². The van der Waals surface area contributed by atoms with E-state index in [9.17, 15) is 4.39 Å². The number of hydrogen-bond acceptors (Lipinski definition) is 5. The zero-order chi connectivity index (χ0) is 19.5. The minimum Gasteiger partial charge on any atom is -0.368 e. The molecule has 2 heterocycles. The van der Waals surface area contributed by atoms with Crippen molar-refractivity contribution >= 4 is 23.1 Å². The van der Waals surface area contributed by atoms with Gasteiger partial charge in [0, 0.05) is 43.8 Å². The van der Waals surface area contributed by atoms with Crippen molar-refractivity contribution in [1.29, 1.82) is 0 Å². The summed E-state index contributed by atoms with van der Waals surface area (Å²) in [6.07, 6.45) is 1.79. The van der Waals surface area contributed by atoms with Gasteiger partial charge in [-0.05, 0) is 55.8 Å². The fourth-order valence-corrected chi connectivity index (χ4v) is 3.48. The Hall–Kier alpha value is -3.15. The molecule has 4 rings (SSSR count). The first-order valence-corrected chi connectivity index (χ1v) is 9.51. The van der Waals surface area contributed by atoms with Crippen molar-refractivity contribution in [2.75, 3.05) is 41.3 Å². The highest BCUT2D eigenvalue weighted by atomic mass is 19.1. The third-order valence-corrected chi connectivity index (χ3v) is 5.04. The zero-order valence-corrected chi connectivity index (χ0v) is 16.2. The molecule has 1 fully saturated rings. The van der Waals surface area contributed by atoms with Crippen LogP contribution >= 0.6 is 0 Å². The predicted octanol–water partition coefficient (Wildman–Crippen LogP) is 4.30. The van der Waals surface area contributed by atoms with Crippen LogP contribution in [0.5, 0.6) is 0 Å². The molecule has 5 nitrogen and oxygen atoms in total. The Bertz CT molecular complexity index is 949. The quantitative estimate of drug-likeness (QED) is 0.734. The highest BCUT2D eigenvalue weighted by molar-refractivity contribution is 5.61. The SMILES string of the molecule is Cc1ccc(Nc2ccnc(N3CCN(c4ccc(F)cc4)CC3)n2)c(C)c1. The van der Waals surface area contributed by atoms with E-state index < -0.39 is 0 Å². The second-order valence-corrected chi connectivity index (χ2v) is 7.14. The van der Waals surface area contributed by atoms with Crippen molar-refractivity contribution in [3.8, 4) is 0 Å². The molecule has 0 aliphatic carbocycles. The molecule has 1 N–H and O–H groups in total. The average molecular weight is 377 g/mol. The van der Waals surface area contributed by atoms with Crippen molar-refractivity contribution < 1.29 is 4.39 Å². The Kier molecular flexibility index (Phi) is 5.10. The monoisotopic (exact) mass is 377 g/mol. The molecular weight excluding hydrogens is 353 g/mol. The molecule has 0 saturated carbocycles. The van der Waals surface area contributed by atoms with E-state index in [2.05, 4.69) is 52.1 Å². The first-order valence-electron chi connectivity index (χ1n) is 9.51. The molecule has 0 amide bonds. The van der Waals surface area contributed by atoms with Crippen LogP contribution in [-0.2, 0) is 0 Å². The van der Waals surface area contributed by atoms with Crippen LogP contribution in [0.3, 0.4) is 0 Å². The van der Waals surface area contributed by atoms with Crippen LogP contribution in [0.25, 0.3) is 0 Å². The maximum Gasteiger partial charge on any atom is 0.227 e. The van der Waals surface area contributed by atoms with Crippen LogP contribution < -0.4 is 15.1 Å². The summed E-state index contributed by atoms with van der Waals surface area (Å²) in [4.78, 5) is 13.6. The van der Waals surface area contributed by atoms with Gasteiger partial charge in [-0.2, -0.15) is 4.98 Å². The molecule has 0 atom stereocenters. The standard InChI is InChI=1S/C22H24FN5/c1-16-3-8-20(17(2)15-16)25-21-9-10-24-22(26-21)28-13-11-27(12-14-28)19-6-4-18(23)5-7-19/h3-10,15H,11-14H2,1-2H3,(H,24,25,26). The van der Waals surface area contributed by atoms with Gasteiger partial charge in [0.25, 0.3) is 0 Å². The maximum atomic E-state index is 13.1. The van der Waals surface area contributed by atoms with E-state index >= 15 is 0 Å². The number of nitrogens with one attached hydrogen (secondary N) is 1. The van der Waals surface area contributed by atoms with Gasteiger partial charge in [0.05, 0.1) is 0 Å². The first-order chi connectivity index (χ1) is 13.6. The Morgan fingerprint density at radius 2 is 1.61 bits per heavy atom. The molecule has 1 aliphatic heterocycles. The fraction of sp³-hybridized carbons (Fsp3) is 0.273. The molecule has 2 aromatic carbocycles. The number of benzene rings is 2. The van der Waals surface area contributed by atoms with Crippen molar-refractivity contribution in [3.63, 3.8) is 0 Å². The van der Waals surface area contributed by atoms with Gasteiger partial charge in [-0.25, -0.2) is 9.37 Å². The van der Waals surface area contributed by atoms with Gasteiger partial charge in [-0.1, -0.05) is 17.7 Å². The van der Waals surface area contributed by atoms with Crippen molar-refractivity contribution in [2.24, 2.45) is 0 Å². The molecule has 144 valence electrons. The summed E-state index contributed by atoms with van der Waals surface area (Å²) >= 11 is 0. The van der Waals surface area contributed by atoms with Gasteiger partial charge in [0.2, 0.25) is 5.95 Å². The molecule has 1 aliphatic rings. The normalized spacial score (nSPS) is 14.2. The molecule has 0 bridgehead atoms. The topological polar surface area (TPSA) is 44.3 Å². The fourth-order valence-electron chi connectivity index (χ4n) is 3.48. The number of hydrogen-bond donors (Lipinski definition) is 1. The number of piperazine rings is 1. The van der Waals surface area contributed by atoms with Gasteiger partial charge in [0.15, 0.2) is 0 Å². The van der Waals surface area contributed by atoms with E-state index in [1.807, 2.05) is 18.2 Å². The Morgan fingerprint density at radius 1 is 0.893 bits per heavy atom. The van der Waals surface area contributed by atoms with Gasteiger partial charge < -0.3 is 15.1 Å². The molecule has 1 aromatic heterocycles. The average Bonchev–Trinajstić information content (AvgIpc) is 2.71. The number of anilines is 4. The molecule has 0 unspecified atom stereocenters. The van der Waals surface area contributed by atoms with Crippen LogP contribution in [0.1, 0.15) is 11.1 Å². The lowest BCUT2D eigenvalue weighted by Gasteiger charge is -2.36. The van der Waals surface area contributed by atoms with Gasteiger partial charge >= 0.3 is 0 Å². The third kappa shape index (κ3) is 4.06. The number of aromatic nitrogens is 2. The molecule has 1 saturated heterocycles. The highest BCUT2D eigenvalue weighted by Gasteiger charge is 2.19. The van der Waals surface area contributed by atoms with E-state index in [1.165, 1.54) is 23.3 Å². The molecular formula is C22H24FN5. The van der Waals surface area contributed by atoms with E-state index in [-0.39, 0.29) is 5.82 Å². The first kappa shape index (κ1) is 18.2. The largest absolute Gasteiger partial charge is 0.368 e.